The van der Waals surface area contributed by atoms with Gasteiger partial charge in [-0.05, 0) is 127 Å². The lowest BCUT2D eigenvalue weighted by atomic mass is 9.79. The van der Waals surface area contributed by atoms with Crippen molar-refractivity contribution in [3.63, 3.8) is 0 Å². The van der Waals surface area contributed by atoms with Crippen LogP contribution in [0.3, 0.4) is 0 Å². The fourth-order valence-electron chi connectivity index (χ4n) is 10.2. The molecule has 1 unspecified atom stereocenters. The Morgan fingerprint density at radius 1 is 0.484 bits per heavy atom. The lowest BCUT2D eigenvalue weighted by Gasteiger charge is -2.26. The summed E-state index contributed by atoms with van der Waals surface area (Å²) in [5, 5.41) is 5.18. The van der Waals surface area contributed by atoms with Gasteiger partial charge in [0, 0.05) is 67.4 Å². The number of para-hydroxylation sites is 5. The van der Waals surface area contributed by atoms with Gasteiger partial charge in [-0.1, -0.05) is 127 Å². The zero-order valence-corrected chi connectivity index (χ0v) is 34.3. The van der Waals surface area contributed by atoms with Gasteiger partial charge in [0.2, 0.25) is 0 Å². The lowest BCUT2D eigenvalue weighted by molar-refractivity contribution is 0.872. The first-order valence-corrected chi connectivity index (χ1v) is 21.8. The van der Waals surface area contributed by atoms with E-state index in [0.717, 1.165) is 53.4 Å². The van der Waals surface area contributed by atoms with Crippen LogP contribution < -0.4 is 20.4 Å². The Balaban J connectivity index is 1.08. The summed E-state index contributed by atoms with van der Waals surface area (Å²) < 4.78 is 5.06. The topological polar surface area (TPSA) is 16.3 Å². The summed E-state index contributed by atoms with van der Waals surface area (Å²) >= 11 is 0. The highest BCUT2D eigenvalue weighted by molar-refractivity contribution is 6.01. The summed E-state index contributed by atoms with van der Waals surface area (Å²) in [5.41, 5.74) is 15.9. The average Bonchev–Trinajstić information content (AvgIpc) is 3.86. The Hall–Kier alpha value is -7.82. The molecule has 0 fully saturated rings. The van der Waals surface area contributed by atoms with Gasteiger partial charge in [-0.3, -0.25) is 0 Å². The maximum Gasteiger partial charge on any atom is 0.0561 e. The van der Waals surface area contributed by atoms with Crippen LogP contribution in [0.5, 0.6) is 0 Å². The number of rotatable bonds is 8. The number of anilines is 6. The number of hydrogen-bond acceptors (Lipinski definition) is 2. The molecule has 4 nitrogen and oxygen atoms in total. The predicted molar refractivity (Wildman–Crippen MR) is 261 cm³/mol. The van der Waals surface area contributed by atoms with Crippen molar-refractivity contribution >= 4 is 79.4 Å². The van der Waals surface area contributed by atoms with Crippen LogP contribution >= 0.6 is 0 Å². The second kappa shape index (κ2) is 15.0. The van der Waals surface area contributed by atoms with Gasteiger partial charge < -0.3 is 18.9 Å². The fourth-order valence-corrected chi connectivity index (χ4v) is 10.2. The fraction of sp³-hybridized carbons (Fsp3) is 0.0690. The predicted octanol–water partition coefficient (Wildman–Crippen LogP) is 13.9. The van der Waals surface area contributed by atoms with Crippen LogP contribution in [0.15, 0.2) is 212 Å². The largest absolute Gasteiger partial charge is 0.313 e. The van der Waals surface area contributed by atoms with Gasteiger partial charge in [0.25, 0.3) is 0 Å². The summed E-state index contributed by atoms with van der Waals surface area (Å²) in [6.45, 7) is 0. The SMILES string of the molecule is C1=CCCC(n2c3c(c4ccc(N(c5ccccc5)c5ccccc5)cc42)C2CC=c4c(c5ccc(N(c6ccccc6)c6ccccc6)cc5n4-c4ccccc4)=C2C=C3)=C1. The van der Waals surface area contributed by atoms with E-state index >= 15 is 0 Å². The van der Waals surface area contributed by atoms with Crippen molar-refractivity contribution in [1.82, 2.24) is 9.13 Å². The average molecular weight is 797 g/mol. The third kappa shape index (κ3) is 5.90. The Morgan fingerprint density at radius 2 is 1.00 bits per heavy atom. The van der Waals surface area contributed by atoms with Gasteiger partial charge in [-0.2, -0.15) is 0 Å². The van der Waals surface area contributed by atoms with Crippen LogP contribution in [0.4, 0.5) is 34.1 Å². The van der Waals surface area contributed by atoms with E-state index in [1.165, 1.54) is 60.6 Å². The highest BCUT2D eigenvalue weighted by atomic mass is 15.2. The number of hydrogen-bond donors (Lipinski definition) is 0. The molecule has 2 heterocycles. The molecule has 12 rings (SSSR count). The number of aromatic nitrogens is 2. The summed E-state index contributed by atoms with van der Waals surface area (Å²) in [5.74, 6) is 0.204. The van der Waals surface area contributed by atoms with Gasteiger partial charge in [-0.15, -0.1) is 0 Å². The maximum absolute atomic E-state index is 2.57. The molecule has 0 aliphatic heterocycles. The summed E-state index contributed by atoms with van der Waals surface area (Å²) in [4.78, 5) is 4.74. The summed E-state index contributed by atoms with van der Waals surface area (Å²) in [6.07, 6.45) is 17.1. The Bertz CT molecular complexity index is 3280. The molecular formula is C58H44N4. The highest BCUT2D eigenvalue weighted by Gasteiger charge is 2.32. The zero-order chi connectivity index (χ0) is 41.0. The molecule has 7 aromatic carbocycles. The maximum atomic E-state index is 2.57. The van der Waals surface area contributed by atoms with Crippen molar-refractivity contribution < 1.29 is 0 Å². The molecule has 2 aromatic heterocycles. The number of fused-ring (bicyclic) bond motifs is 8. The Kier molecular flexibility index (Phi) is 8.74. The van der Waals surface area contributed by atoms with E-state index in [2.05, 4.69) is 243 Å². The van der Waals surface area contributed by atoms with Crippen LogP contribution in [0.1, 0.15) is 36.4 Å². The normalized spacial score (nSPS) is 15.1. The third-order valence-electron chi connectivity index (χ3n) is 12.9. The molecule has 296 valence electrons. The molecule has 0 N–H and O–H groups in total. The number of nitrogens with zero attached hydrogens (tertiary/aromatic N) is 4. The van der Waals surface area contributed by atoms with Crippen molar-refractivity contribution in [1.29, 1.82) is 0 Å². The Morgan fingerprint density at radius 3 is 1.53 bits per heavy atom. The summed E-state index contributed by atoms with van der Waals surface area (Å²) in [7, 11) is 0. The van der Waals surface area contributed by atoms with E-state index in [4.69, 9.17) is 0 Å². The quantitative estimate of drug-likeness (QED) is 0.152. The van der Waals surface area contributed by atoms with Crippen molar-refractivity contribution in [2.45, 2.75) is 25.2 Å². The second-order valence-corrected chi connectivity index (χ2v) is 16.4. The van der Waals surface area contributed by atoms with Gasteiger partial charge in [-0.25, -0.2) is 0 Å². The molecule has 0 saturated carbocycles. The van der Waals surface area contributed by atoms with E-state index in [9.17, 15) is 0 Å². The van der Waals surface area contributed by atoms with Gasteiger partial charge in [0.15, 0.2) is 0 Å². The minimum Gasteiger partial charge on any atom is -0.313 e. The van der Waals surface area contributed by atoms with Gasteiger partial charge >= 0.3 is 0 Å². The molecule has 4 heteroatoms. The van der Waals surface area contributed by atoms with Crippen LogP contribution in [-0.4, -0.2) is 9.13 Å². The first kappa shape index (κ1) is 36.1. The standard InChI is InChI=1S/C58H44N4/c1-7-19-41(20-8-1)59(42-21-9-2-10-22-42)47-31-33-51-55(39-47)61(45-27-15-5-16-28-45)53-37-35-50-49(57(51)53)36-38-54-58(50)52-34-32-48(40-56(52)62(54)46-29-17-6-18-30-46)60(43-23-11-3-12-24-43)44-25-13-4-14-26-44/h1-17,19-29,31-34,36-40,50H,18,30,35H2. The van der Waals surface area contributed by atoms with Crippen LogP contribution in [0.25, 0.3) is 50.9 Å². The van der Waals surface area contributed by atoms with Gasteiger partial charge in [0.05, 0.1) is 22.1 Å². The molecular weight excluding hydrogens is 753 g/mol. The first-order chi connectivity index (χ1) is 30.8. The minimum atomic E-state index is 0.204. The Labute approximate surface area is 361 Å². The van der Waals surface area contributed by atoms with E-state index < -0.39 is 0 Å². The van der Waals surface area contributed by atoms with Crippen LogP contribution in [0, 0.1) is 0 Å². The van der Waals surface area contributed by atoms with Crippen LogP contribution in [-0.2, 0) is 0 Å². The minimum absolute atomic E-state index is 0.204. The second-order valence-electron chi connectivity index (χ2n) is 16.4. The molecule has 1 atom stereocenters. The highest BCUT2D eigenvalue weighted by Crippen LogP contribution is 2.47. The van der Waals surface area contributed by atoms with E-state index in [0.29, 0.717) is 0 Å². The summed E-state index contributed by atoms with van der Waals surface area (Å²) in [6, 6.07) is 68.0. The molecule has 0 bridgehead atoms. The molecule has 9 aromatic rings. The van der Waals surface area contributed by atoms with Crippen LogP contribution in [0.2, 0.25) is 0 Å². The number of benzene rings is 7. The van der Waals surface area contributed by atoms with Crippen molar-refractivity contribution in [3.05, 3.63) is 234 Å². The van der Waals surface area contributed by atoms with E-state index in [1.54, 1.807) is 0 Å². The zero-order valence-electron chi connectivity index (χ0n) is 34.3. The molecule has 0 radical (unpaired) electrons. The first-order valence-electron chi connectivity index (χ1n) is 21.8. The van der Waals surface area contributed by atoms with E-state index in [-0.39, 0.29) is 5.92 Å². The molecule has 3 aliphatic rings. The van der Waals surface area contributed by atoms with E-state index in [1.807, 2.05) is 0 Å². The molecule has 0 spiro atoms. The number of allylic oxidation sites excluding steroid dienone is 5. The van der Waals surface area contributed by atoms with Crippen molar-refractivity contribution in [2.24, 2.45) is 0 Å². The van der Waals surface area contributed by atoms with Crippen molar-refractivity contribution in [2.75, 3.05) is 9.80 Å². The smallest absolute Gasteiger partial charge is 0.0561 e. The third-order valence-corrected chi connectivity index (χ3v) is 12.9. The lowest BCUT2D eigenvalue weighted by Crippen LogP contribution is -2.35. The van der Waals surface area contributed by atoms with Gasteiger partial charge in [0.1, 0.15) is 0 Å². The monoisotopic (exact) mass is 796 g/mol. The van der Waals surface area contributed by atoms with Crippen molar-refractivity contribution in [3.8, 4) is 5.69 Å². The molecule has 3 aliphatic carbocycles. The molecule has 0 amide bonds. The molecule has 62 heavy (non-hydrogen) atoms. The molecule has 0 saturated heterocycles.